The van der Waals surface area contributed by atoms with Crippen molar-refractivity contribution in [3.05, 3.63) is 33.4 Å². The van der Waals surface area contributed by atoms with Gasteiger partial charge in [-0.2, -0.15) is 0 Å². The Morgan fingerprint density at radius 1 is 1.28 bits per heavy atom. The SMILES string of the molecule is CCN(Cc1ccc(I)cc1)C1CCCC1CN. The Bertz CT molecular complexity index is 363. The molecule has 2 nitrogen and oxygen atoms in total. The van der Waals surface area contributed by atoms with Crippen molar-refractivity contribution in [3.8, 4) is 0 Å². The Morgan fingerprint density at radius 2 is 2.00 bits per heavy atom. The van der Waals surface area contributed by atoms with Gasteiger partial charge in [-0.1, -0.05) is 25.5 Å². The van der Waals surface area contributed by atoms with Crippen LogP contribution in [-0.4, -0.2) is 24.0 Å². The second kappa shape index (κ2) is 6.87. The average molecular weight is 358 g/mol. The summed E-state index contributed by atoms with van der Waals surface area (Å²) in [5, 5.41) is 0. The van der Waals surface area contributed by atoms with Gasteiger partial charge in [0.15, 0.2) is 0 Å². The molecule has 2 unspecified atom stereocenters. The van der Waals surface area contributed by atoms with E-state index in [2.05, 4.69) is 58.7 Å². The topological polar surface area (TPSA) is 29.3 Å². The van der Waals surface area contributed by atoms with Gasteiger partial charge in [0, 0.05) is 16.2 Å². The molecule has 2 rings (SSSR count). The minimum absolute atomic E-state index is 0.694. The first-order chi connectivity index (χ1) is 8.74. The molecule has 0 radical (unpaired) electrons. The molecule has 0 heterocycles. The summed E-state index contributed by atoms with van der Waals surface area (Å²) in [7, 11) is 0. The van der Waals surface area contributed by atoms with Crippen LogP contribution in [0.1, 0.15) is 31.7 Å². The van der Waals surface area contributed by atoms with Crippen LogP contribution in [0.3, 0.4) is 0 Å². The number of benzene rings is 1. The first-order valence-electron chi connectivity index (χ1n) is 6.93. The van der Waals surface area contributed by atoms with E-state index < -0.39 is 0 Å². The molecule has 18 heavy (non-hydrogen) atoms. The summed E-state index contributed by atoms with van der Waals surface area (Å²) in [5.41, 5.74) is 7.32. The highest BCUT2D eigenvalue weighted by Gasteiger charge is 2.30. The van der Waals surface area contributed by atoms with Crippen LogP contribution < -0.4 is 5.73 Å². The molecule has 3 heteroatoms. The van der Waals surface area contributed by atoms with Crippen LogP contribution in [0.4, 0.5) is 0 Å². The number of rotatable bonds is 5. The van der Waals surface area contributed by atoms with Crippen molar-refractivity contribution in [1.29, 1.82) is 0 Å². The van der Waals surface area contributed by atoms with Gasteiger partial charge in [0.05, 0.1) is 0 Å². The summed E-state index contributed by atoms with van der Waals surface area (Å²) in [6.45, 7) is 5.29. The lowest BCUT2D eigenvalue weighted by Gasteiger charge is -2.31. The van der Waals surface area contributed by atoms with Crippen molar-refractivity contribution in [2.24, 2.45) is 11.7 Å². The summed E-state index contributed by atoms with van der Waals surface area (Å²) in [4.78, 5) is 2.60. The van der Waals surface area contributed by atoms with Crippen molar-refractivity contribution in [2.45, 2.75) is 38.8 Å². The van der Waals surface area contributed by atoms with E-state index in [0.29, 0.717) is 12.0 Å². The fourth-order valence-electron chi connectivity index (χ4n) is 3.06. The second-order valence-electron chi connectivity index (χ2n) is 5.18. The summed E-state index contributed by atoms with van der Waals surface area (Å²) in [6.07, 6.45) is 3.97. The third kappa shape index (κ3) is 3.45. The van der Waals surface area contributed by atoms with Crippen molar-refractivity contribution in [2.75, 3.05) is 13.1 Å². The second-order valence-corrected chi connectivity index (χ2v) is 6.43. The standard InChI is InChI=1S/C15H23IN2/c1-2-18(15-5-3-4-13(15)10-17)11-12-6-8-14(16)9-7-12/h6-9,13,15H,2-5,10-11,17H2,1H3. The molecule has 1 aromatic rings. The molecule has 1 aromatic carbocycles. The van der Waals surface area contributed by atoms with E-state index in [0.717, 1.165) is 19.6 Å². The zero-order valence-electron chi connectivity index (χ0n) is 11.1. The predicted octanol–water partition coefficient (Wildman–Crippen LogP) is 3.24. The smallest absolute Gasteiger partial charge is 0.0236 e. The van der Waals surface area contributed by atoms with E-state index in [1.807, 2.05) is 0 Å². The predicted molar refractivity (Wildman–Crippen MR) is 85.4 cm³/mol. The van der Waals surface area contributed by atoms with E-state index in [1.54, 1.807) is 0 Å². The normalized spacial score (nSPS) is 23.8. The van der Waals surface area contributed by atoms with Gasteiger partial charge in [0.25, 0.3) is 0 Å². The molecule has 2 N–H and O–H groups in total. The van der Waals surface area contributed by atoms with Gasteiger partial charge in [-0.25, -0.2) is 0 Å². The van der Waals surface area contributed by atoms with Crippen molar-refractivity contribution < 1.29 is 0 Å². The maximum atomic E-state index is 5.90. The minimum atomic E-state index is 0.694. The van der Waals surface area contributed by atoms with Crippen molar-refractivity contribution in [3.63, 3.8) is 0 Å². The van der Waals surface area contributed by atoms with E-state index in [9.17, 15) is 0 Å². The van der Waals surface area contributed by atoms with Crippen molar-refractivity contribution in [1.82, 2.24) is 4.90 Å². The highest BCUT2D eigenvalue weighted by Crippen LogP contribution is 2.30. The molecular weight excluding hydrogens is 335 g/mol. The molecule has 100 valence electrons. The first kappa shape index (κ1) is 14.3. The molecule has 0 spiro atoms. The maximum Gasteiger partial charge on any atom is 0.0236 e. The largest absolute Gasteiger partial charge is 0.330 e. The van der Waals surface area contributed by atoms with E-state index in [-0.39, 0.29) is 0 Å². The van der Waals surface area contributed by atoms with E-state index >= 15 is 0 Å². The van der Waals surface area contributed by atoms with E-state index in [1.165, 1.54) is 28.4 Å². The summed E-state index contributed by atoms with van der Waals surface area (Å²) >= 11 is 2.36. The molecule has 1 aliphatic rings. The quantitative estimate of drug-likeness (QED) is 0.819. The Balaban J connectivity index is 2.02. The zero-order chi connectivity index (χ0) is 13.0. The molecule has 1 fully saturated rings. The van der Waals surface area contributed by atoms with Crippen molar-refractivity contribution >= 4 is 22.6 Å². The fraction of sp³-hybridized carbons (Fsp3) is 0.600. The number of nitrogens with two attached hydrogens (primary N) is 1. The first-order valence-corrected chi connectivity index (χ1v) is 8.01. The number of halogens is 1. The van der Waals surface area contributed by atoms with Gasteiger partial charge in [-0.3, -0.25) is 4.90 Å². The van der Waals surface area contributed by atoms with Crippen LogP contribution in [0, 0.1) is 9.49 Å². The molecule has 1 saturated carbocycles. The minimum Gasteiger partial charge on any atom is -0.330 e. The molecule has 2 atom stereocenters. The van der Waals surface area contributed by atoms with Gasteiger partial charge in [0.2, 0.25) is 0 Å². The van der Waals surface area contributed by atoms with Crippen LogP contribution >= 0.6 is 22.6 Å². The van der Waals surface area contributed by atoms with Gasteiger partial charge in [-0.15, -0.1) is 0 Å². The Kier molecular flexibility index (Phi) is 5.45. The van der Waals surface area contributed by atoms with Crippen LogP contribution in [0.25, 0.3) is 0 Å². The lowest BCUT2D eigenvalue weighted by Crippen LogP contribution is -2.39. The monoisotopic (exact) mass is 358 g/mol. The van der Waals surface area contributed by atoms with Gasteiger partial charge in [-0.05, 0) is 72.1 Å². The highest BCUT2D eigenvalue weighted by molar-refractivity contribution is 14.1. The fourth-order valence-corrected chi connectivity index (χ4v) is 3.42. The molecule has 0 saturated heterocycles. The number of nitrogens with zero attached hydrogens (tertiary/aromatic N) is 1. The average Bonchev–Trinajstić information content (AvgIpc) is 2.86. The molecule has 1 aliphatic carbocycles. The summed E-state index contributed by atoms with van der Waals surface area (Å²) in [5.74, 6) is 0.703. The lowest BCUT2D eigenvalue weighted by atomic mass is 10.0. The molecule has 0 bridgehead atoms. The van der Waals surface area contributed by atoms with Crippen LogP contribution in [0.15, 0.2) is 24.3 Å². The third-order valence-electron chi connectivity index (χ3n) is 4.10. The van der Waals surface area contributed by atoms with Gasteiger partial charge in [0.1, 0.15) is 0 Å². The summed E-state index contributed by atoms with van der Waals surface area (Å²) < 4.78 is 1.31. The number of hydrogen-bond acceptors (Lipinski definition) is 2. The maximum absolute atomic E-state index is 5.90. The van der Waals surface area contributed by atoms with E-state index in [4.69, 9.17) is 5.73 Å². The third-order valence-corrected chi connectivity index (χ3v) is 4.81. The molecule has 0 amide bonds. The lowest BCUT2D eigenvalue weighted by molar-refractivity contribution is 0.162. The molecular formula is C15H23IN2. The van der Waals surface area contributed by atoms with Crippen LogP contribution in [0.5, 0.6) is 0 Å². The van der Waals surface area contributed by atoms with Gasteiger partial charge < -0.3 is 5.73 Å². The van der Waals surface area contributed by atoms with Gasteiger partial charge >= 0.3 is 0 Å². The summed E-state index contributed by atoms with van der Waals surface area (Å²) in [6, 6.07) is 9.57. The Labute approximate surface area is 124 Å². The molecule has 0 aromatic heterocycles. The zero-order valence-corrected chi connectivity index (χ0v) is 13.3. The Hall–Kier alpha value is -0.130. The molecule has 0 aliphatic heterocycles. The highest BCUT2D eigenvalue weighted by atomic mass is 127. The Morgan fingerprint density at radius 3 is 2.61 bits per heavy atom. The van der Waals surface area contributed by atoms with Crippen LogP contribution in [-0.2, 0) is 6.54 Å². The number of hydrogen-bond donors (Lipinski definition) is 1. The van der Waals surface area contributed by atoms with Crippen LogP contribution in [0.2, 0.25) is 0 Å².